The molecular weight excluding hydrogens is 376 g/mol. The summed E-state index contributed by atoms with van der Waals surface area (Å²) >= 11 is 5.61. The van der Waals surface area contributed by atoms with E-state index in [1.807, 2.05) is 24.3 Å². The highest BCUT2D eigenvalue weighted by atomic mass is 35.5. The fraction of sp³-hybridized carbons (Fsp3) is 0.263. The highest BCUT2D eigenvalue weighted by Gasteiger charge is 2.23. The number of hydrogen-bond donors (Lipinski definition) is 0. The van der Waals surface area contributed by atoms with E-state index in [9.17, 15) is 13.6 Å². The molecule has 3 rings (SSSR count). The minimum Gasteiger partial charge on any atom is -0.433 e. The van der Waals surface area contributed by atoms with Crippen LogP contribution in [0.5, 0.6) is 5.75 Å². The monoisotopic (exact) mass is 393 g/mol. The van der Waals surface area contributed by atoms with Crippen molar-refractivity contribution >= 4 is 28.4 Å². The highest BCUT2D eigenvalue weighted by molar-refractivity contribution is 6.27. The molecule has 8 heteroatoms. The van der Waals surface area contributed by atoms with Gasteiger partial charge in [-0.15, -0.1) is 11.6 Å². The van der Waals surface area contributed by atoms with Gasteiger partial charge in [-0.05, 0) is 30.3 Å². The summed E-state index contributed by atoms with van der Waals surface area (Å²) in [5.41, 5.74) is 2.25. The van der Waals surface area contributed by atoms with E-state index in [4.69, 9.17) is 11.6 Å². The number of fused-ring (bicyclic) bond motifs is 1. The second-order valence-corrected chi connectivity index (χ2v) is 6.43. The van der Waals surface area contributed by atoms with E-state index in [1.165, 1.54) is 17.0 Å². The predicted molar refractivity (Wildman–Crippen MR) is 99.5 cm³/mol. The van der Waals surface area contributed by atoms with E-state index in [0.29, 0.717) is 24.8 Å². The van der Waals surface area contributed by atoms with Crippen LogP contribution in [0.1, 0.15) is 12.6 Å². The van der Waals surface area contributed by atoms with Gasteiger partial charge in [0.15, 0.2) is 0 Å². The number of amides is 1. The normalized spacial score (nSPS) is 11.6. The van der Waals surface area contributed by atoms with Gasteiger partial charge in [0.2, 0.25) is 5.91 Å². The number of carbonyl (C=O) groups excluding carboxylic acids is 1. The molecule has 0 N–H and O–H groups in total. The SMILES string of the molecule is CN(Cc1nn(-c2ccc(OC(C)(F)F)cc2)c2ccccc12)C(=O)CCl. The molecule has 0 aliphatic carbocycles. The lowest BCUT2D eigenvalue weighted by atomic mass is 10.2. The smallest absolute Gasteiger partial charge is 0.394 e. The molecule has 1 amide bonds. The largest absolute Gasteiger partial charge is 0.433 e. The van der Waals surface area contributed by atoms with Gasteiger partial charge in [-0.1, -0.05) is 18.2 Å². The highest BCUT2D eigenvalue weighted by Crippen LogP contribution is 2.26. The van der Waals surface area contributed by atoms with Crippen molar-refractivity contribution in [3.05, 3.63) is 54.2 Å². The molecule has 142 valence electrons. The van der Waals surface area contributed by atoms with Crippen LogP contribution in [0, 0.1) is 0 Å². The first-order chi connectivity index (χ1) is 12.8. The molecule has 0 saturated heterocycles. The third kappa shape index (κ3) is 4.36. The lowest BCUT2D eigenvalue weighted by molar-refractivity contribution is -0.158. The summed E-state index contributed by atoms with van der Waals surface area (Å²) in [6.07, 6.45) is -3.24. The Kier molecular flexibility index (Phi) is 5.32. The summed E-state index contributed by atoms with van der Waals surface area (Å²) in [6.45, 7) is 0.995. The van der Waals surface area contributed by atoms with Gasteiger partial charge >= 0.3 is 6.11 Å². The van der Waals surface area contributed by atoms with Crippen LogP contribution in [0.3, 0.4) is 0 Å². The molecule has 0 radical (unpaired) electrons. The molecule has 0 bridgehead atoms. The summed E-state index contributed by atoms with van der Waals surface area (Å²) in [5, 5.41) is 5.51. The predicted octanol–water partition coefficient (Wildman–Crippen LogP) is 4.21. The summed E-state index contributed by atoms with van der Waals surface area (Å²) in [5.74, 6) is -0.230. The molecular formula is C19H18ClF2N3O2. The first-order valence-corrected chi connectivity index (χ1v) is 8.76. The molecule has 2 aromatic carbocycles. The van der Waals surface area contributed by atoms with Crippen molar-refractivity contribution in [1.29, 1.82) is 0 Å². The van der Waals surface area contributed by atoms with Crippen LogP contribution in [0.2, 0.25) is 0 Å². The molecule has 0 aliphatic rings. The molecule has 0 unspecified atom stereocenters. The van der Waals surface area contributed by atoms with Crippen molar-refractivity contribution in [1.82, 2.24) is 14.7 Å². The van der Waals surface area contributed by atoms with Crippen LogP contribution in [0.15, 0.2) is 48.5 Å². The van der Waals surface area contributed by atoms with Crippen molar-refractivity contribution in [3.8, 4) is 11.4 Å². The standard InChI is InChI=1S/C19H18ClF2N3O2/c1-19(21,22)27-14-9-7-13(8-10-14)25-17-6-4-3-5-15(17)16(23-25)12-24(2)18(26)11-20/h3-10H,11-12H2,1-2H3. The lowest BCUT2D eigenvalue weighted by Gasteiger charge is -2.14. The topological polar surface area (TPSA) is 47.4 Å². The average Bonchev–Trinajstić information content (AvgIpc) is 2.99. The number of ether oxygens (including phenoxy) is 1. The van der Waals surface area contributed by atoms with Gasteiger partial charge in [0.25, 0.3) is 0 Å². The first-order valence-electron chi connectivity index (χ1n) is 8.22. The number of hydrogen-bond acceptors (Lipinski definition) is 3. The van der Waals surface area contributed by atoms with Gasteiger partial charge in [-0.3, -0.25) is 4.79 Å². The van der Waals surface area contributed by atoms with Gasteiger partial charge in [-0.2, -0.15) is 13.9 Å². The number of aromatic nitrogens is 2. The van der Waals surface area contributed by atoms with Crippen LogP contribution in [-0.4, -0.2) is 39.6 Å². The zero-order chi connectivity index (χ0) is 19.6. The second kappa shape index (κ2) is 7.52. The van der Waals surface area contributed by atoms with Crippen molar-refractivity contribution in [2.75, 3.05) is 12.9 Å². The van der Waals surface area contributed by atoms with E-state index in [1.54, 1.807) is 23.9 Å². The summed E-state index contributed by atoms with van der Waals surface area (Å²) in [6, 6.07) is 13.8. The molecule has 0 spiro atoms. The maximum absolute atomic E-state index is 13.0. The summed E-state index contributed by atoms with van der Waals surface area (Å²) in [7, 11) is 1.66. The van der Waals surface area contributed by atoms with Crippen LogP contribution in [-0.2, 0) is 11.3 Å². The maximum Gasteiger partial charge on any atom is 0.394 e. The number of para-hydroxylation sites is 1. The molecule has 0 atom stereocenters. The van der Waals surface area contributed by atoms with Crippen molar-refractivity contribution in [3.63, 3.8) is 0 Å². The van der Waals surface area contributed by atoms with Crippen LogP contribution >= 0.6 is 11.6 Å². The molecule has 1 heterocycles. The van der Waals surface area contributed by atoms with Crippen molar-refractivity contribution < 1.29 is 18.3 Å². The maximum atomic E-state index is 13.0. The Hall–Kier alpha value is -2.67. The minimum absolute atomic E-state index is 0.0652. The van der Waals surface area contributed by atoms with Gasteiger partial charge in [0.05, 0.1) is 23.4 Å². The van der Waals surface area contributed by atoms with Crippen molar-refractivity contribution in [2.24, 2.45) is 0 Å². The van der Waals surface area contributed by atoms with Gasteiger partial charge in [0.1, 0.15) is 11.6 Å². The van der Waals surface area contributed by atoms with E-state index in [0.717, 1.165) is 10.9 Å². The summed E-state index contributed by atoms with van der Waals surface area (Å²) in [4.78, 5) is 13.3. The lowest BCUT2D eigenvalue weighted by Crippen LogP contribution is -2.27. The van der Waals surface area contributed by atoms with Crippen LogP contribution in [0.25, 0.3) is 16.6 Å². The van der Waals surface area contributed by atoms with Gasteiger partial charge < -0.3 is 9.64 Å². The third-order valence-corrected chi connectivity index (χ3v) is 4.20. The molecule has 3 aromatic rings. The Morgan fingerprint density at radius 2 is 1.89 bits per heavy atom. The van der Waals surface area contributed by atoms with E-state index >= 15 is 0 Å². The number of halogens is 3. The Morgan fingerprint density at radius 3 is 2.52 bits per heavy atom. The van der Waals surface area contributed by atoms with Crippen LogP contribution < -0.4 is 4.74 Å². The fourth-order valence-electron chi connectivity index (χ4n) is 2.72. The number of benzene rings is 2. The van der Waals surface area contributed by atoms with E-state index < -0.39 is 6.11 Å². The number of alkyl halides is 3. The van der Waals surface area contributed by atoms with E-state index in [-0.39, 0.29) is 17.5 Å². The van der Waals surface area contributed by atoms with Gasteiger partial charge in [0, 0.05) is 19.4 Å². The second-order valence-electron chi connectivity index (χ2n) is 6.16. The Morgan fingerprint density at radius 1 is 1.22 bits per heavy atom. The van der Waals surface area contributed by atoms with E-state index in [2.05, 4.69) is 9.84 Å². The quantitative estimate of drug-likeness (QED) is 0.589. The van der Waals surface area contributed by atoms with Crippen LogP contribution in [0.4, 0.5) is 8.78 Å². The zero-order valence-electron chi connectivity index (χ0n) is 14.8. The molecule has 1 aromatic heterocycles. The Labute approximate surface area is 160 Å². The van der Waals surface area contributed by atoms with Crippen molar-refractivity contribution in [2.45, 2.75) is 19.6 Å². The molecule has 0 aliphatic heterocycles. The third-order valence-electron chi connectivity index (χ3n) is 3.97. The number of rotatable bonds is 6. The molecule has 5 nitrogen and oxygen atoms in total. The zero-order valence-corrected chi connectivity index (χ0v) is 15.6. The fourth-order valence-corrected chi connectivity index (χ4v) is 2.93. The number of nitrogens with zero attached hydrogens (tertiary/aromatic N) is 3. The number of carbonyl (C=O) groups is 1. The Balaban J connectivity index is 1.96. The van der Waals surface area contributed by atoms with Gasteiger partial charge in [-0.25, -0.2) is 4.68 Å². The Bertz CT molecular complexity index is 952. The summed E-state index contributed by atoms with van der Waals surface area (Å²) < 4.78 is 32.2. The first kappa shape index (κ1) is 19.1. The average molecular weight is 394 g/mol. The molecule has 0 fully saturated rings. The molecule has 0 saturated carbocycles. The minimum atomic E-state index is -3.24. The molecule has 27 heavy (non-hydrogen) atoms.